The fourth-order valence-electron chi connectivity index (χ4n) is 2.31. The summed E-state index contributed by atoms with van der Waals surface area (Å²) in [5, 5.41) is 6.37. The molecule has 1 aromatic carbocycles. The van der Waals surface area contributed by atoms with E-state index in [0.29, 0.717) is 19.0 Å². The third-order valence-corrected chi connectivity index (χ3v) is 3.61. The molecule has 0 unspecified atom stereocenters. The van der Waals surface area contributed by atoms with Crippen LogP contribution in [0, 0.1) is 5.82 Å². The highest BCUT2D eigenvalue weighted by Gasteiger charge is 2.02. The number of benzene rings is 1. The number of hydrogen-bond donors (Lipinski definition) is 2. The normalized spacial score (nSPS) is 10.9. The van der Waals surface area contributed by atoms with Crippen LogP contribution in [0.3, 0.4) is 0 Å². The number of aliphatic imine (C=N–C) groups is 1. The molecule has 136 valence electrons. The van der Waals surface area contributed by atoms with Crippen LogP contribution in [0.1, 0.15) is 11.1 Å². The summed E-state index contributed by atoms with van der Waals surface area (Å²) in [6, 6.07) is 10.4. The van der Waals surface area contributed by atoms with Gasteiger partial charge in [-0.3, -0.25) is 9.56 Å². The molecule has 0 saturated heterocycles. The molecular formula is C18H20FIN6. The number of hydrogen-bond acceptors (Lipinski definition) is 3. The van der Waals surface area contributed by atoms with Crippen molar-refractivity contribution >= 4 is 29.9 Å². The maximum Gasteiger partial charge on any atom is 0.191 e. The summed E-state index contributed by atoms with van der Waals surface area (Å²) >= 11 is 0. The quantitative estimate of drug-likeness (QED) is 0.345. The zero-order valence-corrected chi connectivity index (χ0v) is 16.6. The highest BCUT2D eigenvalue weighted by Crippen LogP contribution is 2.05. The van der Waals surface area contributed by atoms with Crippen LogP contribution >= 0.6 is 24.0 Å². The van der Waals surface area contributed by atoms with Crippen molar-refractivity contribution in [2.45, 2.75) is 13.1 Å². The van der Waals surface area contributed by atoms with E-state index < -0.39 is 0 Å². The molecule has 0 saturated carbocycles. The van der Waals surface area contributed by atoms with Gasteiger partial charge >= 0.3 is 0 Å². The standard InChI is InChI=1S/C18H19FN6.HI/c1-20-18(23-10-14-3-2-4-16(19)9-14)24-12-15-5-6-17(22-11-15)25-8-7-21-13-25;/h2-9,11,13H,10,12H2,1H3,(H2,20,23,24);1H. The first-order valence-electron chi connectivity index (χ1n) is 7.87. The van der Waals surface area contributed by atoms with E-state index in [4.69, 9.17) is 0 Å². The molecule has 0 radical (unpaired) electrons. The van der Waals surface area contributed by atoms with E-state index in [-0.39, 0.29) is 29.8 Å². The average Bonchev–Trinajstić information content (AvgIpc) is 3.17. The van der Waals surface area contributed by atoms with Crippen molar-refractivity contribution in [3.8, 4) is 5.82 Å². The van der Waals surface area contributed by atoms with Gasteiger partial charge in [0.05, 0.1) is 0 Å². The molecule has 6 nitrogen and oxygen atoms in total. The van der Waals surface area contributed by atoms with Crippen LogP contribution in [0.15, 0.2) is 66.3 Å². The van der Waals surface area contributed by atoms with Crippen LogP contribution in [0.5, 0.6) is 0 Å². The van der Waals surface area contributed by atoms with Gasteiger partial charge in [0.2, 0.25) is 0 Å². The van der Waals surface area contributed by atoms with E-state index in [1.807, 2.05) is 35.2 Å². The Kier molecular flexibility index (Phi) is 7.52. The highest BCUT2D eigenvalue weighted by atomic mass is 127. The van der Waals surface area contributed by atoms with E-state index in [1.54, 1.807) is 25.6 Å². The number of nitrogens with zero attached hydrogens (tertiary/aromatic N) is 4. The highest BCUT2D eigenvalue weighted by molar-refractivity contribution is 14.0. The van der Waals surface area contributed by atoms with Crippen LogP contribution in [-0.4, -0.2) is 27.5 Å². The molecule has 0 amide bonds. The molecule has 0 atom stereocenters. The van der Waals surface area contributed by atoms with Gasteiger partial charge in [0.1, 0.15) is 18.0 Å². The minimum atomic E-state index is -0.244. The summed E-state index contributed by atoms with van der Waals surface area (Å²) in [5.41, 5.74) is 1.88. The number of nitrogens with one attached hydrogen (secondary N) is 2. The van der Waals surface area contributed by atoms with Crippen LogP contribution in [-0.2, 0) is 13.1 Å². The SMILES string of the molecule is CN=C(NCc1ccc(-n2ccnc2)nc1)NCc1cccc(F)c1.I. The molecule has 0 aliphatic carbocycles. The monoisotopic (exact) mass is 466 g/mol. The Balaban J connectivity index is 0.00000243. The first-order valence-corrected chi connectivity index (χ1v) is 7.87. The Hall–Kier alpha value is -2.49. The molecular weight excluding hydrogens is 446 g/mol. The molecule has 3 rings (SSSR count). The molecule has 2 heterocycles. The molecule has 0 aliphatic rings. The zero-order chi connectivity index (χ0) is 17.5. The van der Waals surface area contributed by atoms with Gasteiger partial charge in [-0.2, -0.15) is 0 Å². The van der Waals surface area contributed by atoms with Crippen molar-refractivity contribution in [3.63, 3.8) is 0 Å². The van der Waals surface area contributed by atoms with Gasteiger partial charge in [-0.1, -0.05) is 18.2 Å². The van der Waals surface area contributed by atoms with E-state index in [9.17, 15) is 4.39 Å². The topological polar surface area (TPSA) is 67.1 Å². The molecule has 0 spiro atoms. The van der Waals surface area contributed by atoms with Gasteiger partial charge in [0.15, 0.2) is 5.96 Å². The van der Waals surface area contributed by atoms with Crippen molar-refractivity contribution in [1.82, 2.24) is 25.2 Å². The Morgan fingerprint density at radius 2 is 1.96 bits per heavy atom. The lowest BCUT2D eigenvalue weighted by Crippen LogP contribution is -2.36. The van der Waals surface area contributed by atoms with Gasteiger partial charge in [-0.25, -0.2) is 14.4 Å². The predicted octanol–water partition coefficient (Wildman–Crippen LogP) is 2.89. The fourth-order valence-corrected chi connectivity index (χ4v) is 2.31. The summed E-state index contributed by atoms with van der Waals surface area (Å²) < 4.78 is 15.0. The molecule has 0 bridgehead atoms. The second-order valence-corrected chi connectivity index (χ2v) is 5.40. The Morgan fingerprint density at radius 3 is 2.58 bits per heavy atom. The molecule has 3 aromatic rings. The second kappa shape index (κ2) is 9.85. The smallest absolute Gasteiger partial charge is 0.191 e. The number of rotatable bonds is 5. The Bertz CT molecular complexity index is 833. The average molecular weight is 466 g/mol. The molecule has 2 N–H and O–H groups in total. The zero-order valence-electron chi connectivity index (χ0n) is 14.3. The van der Waals surface area contributed by atoms with Crippen molar-refractivity contribution in [3.05, 3.63) is 78.3 Å². The lowest BCUT2D eigenvalue weighted by molar-refractivity contribution is 0.624. The first-order chi connectivity index (χ1) is 12.2. The van der Waals surface area contributed by atoms with Crippen LogP contribution < -0.4 is 10.6 Å². The van der Waals surface area contributed by atoms with Crippen molar-refractivity contribution in [1.29, 1.82) is 0 Å². The molecule has 26 heavy (non-hydrogen) atoms. The third kappa shape index (κ3) is 5.51. The summed E-state index contributed by atoms with van der Waals surface area (Å²) in [5.74, 6) is 1.21. The van der Waals surface area contributed by atoms with Gasteiger partial charge in [0.25, 0.3) is 0 Å². The van der Waals surface area contributed by atoms with Crippen molar-refractivity contribution < 1.29 is 4.39 Å². The fraction of sp³-hybridized carbons (Fsp3) is 0.167. The van der Waals surface area contributed by atoms with Gasteiger partial charge in [-0.15, -0.1) is 24.0 Å². The largest absolute Gasteiger partial charge is 0.352 e. The van der Waals surface area contributed by atoms with E-state index in [1.165, 1.54) is 12.1 Å². The van der Waals surface area contributed by atoms with Crippen LogP contribution in [0.2, 0.25) is 0 Å². The van der Waals surface area contributed by atoms with Crippen LogP contribution in [0.4, 0.5) is 4.39 Å². The van der Waals surface area contributed by atoms with Crippen LogP contribution in [0.25, 0.3) is 5.82 Å². The van der Waals surface area contributed by atoms with Crippen molar-refractivity contribution in [2.75, 3.05) is 7.05 Å². The minimum absolute atomic E-state index is 0. The molecule has 2 aromatic heterocycles. The predicted molar refractivity (Wildman–Crippen MR) is 110 cm³/mol. The Labute approximate surface area is 168 Å². The van der Waals surface area contributed by atoms with Gasteiger partial charge in [0, 0.05) is 38.7 Å². The number of pyridine rings is 1. The third-order valence-electron chi connectivity index (χ3n) is 3.61. The number of aromatic nitrogens is 3. The lowest BCUT2D eigenvalue weighted by atomic mass is 10.2. The lowest BCUT2D eigenvalue weighted by Gasteiger charge is -2.12. The summed E-state index contributed by atoms with van der Waals surface area (Å²) in [6.07, 6.45) is 7.07. The second-order valence-electron chi connectivity index (χ2n) is 5.40. The minimum Gasteiger partial charge on any atom is -0.352 e. The first kappa shape index (κ1) is 19.8. The summed E-state index contributed by atoms with van der Waals surface area (Å²) in [7, 11) is 1.70. The Morgan fingerprint density at radius 1 is 1.15 bits per heavy atom. The van der Waals surface area contributed by atoms with Gasteiger partial charge < -0.3 is 10.6 Å². The number of imidazole rings is 1. The van der Waals surface area contributed by atoms with E-state index in [2.05, 4.69) is 25.6 Å². The molecule has 0 fully saturated rings. The maximum atomic E-state index is 13.2. The number of guanidine groups is 1. The number of halogens is 2. The van der Waals surface area contributed by atoms with Crippen molar-refractivity contribution in [2.24, 2.45) is 4.99 Å². The molecule has 0 aliphatic heterocycles. The van der Waals surface area contributed by atoms with E-state index in [0.717, 1.165) is 16.9 Å². The summed E-state index contributed by atoms with van der Waals surface area (Å²) in [4.78, 5) is 12.6. The van der Waals surface area contributed by atoms with E-state index >= 15 is 0 Å². The molecule has 8 heteroatoms. The summed E-state index contributed by atoms with van der Waals surface area (Å²) in [6.45, 7) is 1.08. The maximum absolute atomic E-state index is 13.2. The van der Waals surface area contributed by atoms with Gasteiger partial charge in [-0.05, 0) is 29.3 Å².